The minimum Gasteiger partial charge on any atom is -0.318 e. The number of hydrogen-bond donors (Lipinski definition) is 0. The van der Waals surface area contributed by atoms with Crippen molar-refractivity contribution in [1.82, 2.24) is 13.9 Å². The highest BCUT2D eigenvalue weighted by molar-refractivity contribution is 7.07. The number of hydrogen-bond acceptors (Lipinski definition) is 3. The summed E-state index contributed by atoms with van der Waals surface area (Å²) in [6, 6.07) is 10.1. The molecule has 1 unspecified atom stereocenters. The van der Waals surface area contributed by atoms with Crippen molar-refractivity contribution in [2.24, 2.45) is 18.0 Å². The normalized spacial score (nSPS) is 13.4. The SMILES string of the molecule is Cc1csc(=Nc2c(C)n(C)n(-c3ccccc3)c2=O)n1C(C)CCCC(C)C. The van der Waals surface area contributed by atoms with Crippen molar-refractivity contribution in [1.29, 1.82) is 0 Å². The fourth-order valence-electron chi connectivity index (χ4n) is 3.75. The first-order chi connectivity index (χ1) is 13.8. The molecule has 2 aromatic heterocycles. The summed E-state index contributed by atoms with van der Waals surface area (Å²) >= 11 is 1.61. The highest BCUT2D eigenvalue weighted by Gasteiger charge is 2.17. The molecule has 0 radical (unpaired) electrons. The number of para-hydroxylation sites is 1. The maximum Gasteiger partial charge on any atom is 0.297 e. The molecule has 5 nitrogen and oxygen atoms in total. The van der Waals surface area contributed by atoms with Gasteiger partial charge in [0.2, 0.25) is 0 Å². The maximum absolute atomic E-state index is 13.2. The summed E-state index contributed by atoms with van der Waals surface area (Å²) < 4.78 is 5.85. The van der Waals surface area contributed by atoms with E-state index in [2.05, 4.69) is 37.6 Å². The van der Waals surface area contributed by atoms with Crippen LogP contribution in [0.2, 0.25) is 0 Å². The molecule has 0 N–H and O–H groups in total. The molecule has 1 atom stereocenters. The molecular weight excluding hydrogens is 380 g/mol. The Morgan fingerprint density at radius 3 is 2.41 bits per heavy atom. The molecule has 0 amide bonds. The van der Waals surface area contributed by atoms with Crippen molar-refractivity contribution < 1.29 is 0 Å². The molecule has 6 heteroatoms. The van der Waals surface area contributed by atoms with Crippen LogP contribution in [-0.4, -0.2) is 13.9 Å². The maximum atomic E-state index is 13.2. The minimum absolute atomic E-state index is 0.0822. The molecule has 0 fully saturated rings. The van der Waals surface area contributed by atoms with E-state index in [4.69, 9.17) is 4.99 Å². The van der Waals surface area contributed by atoms with Gasteiger partial charge >= 0.3 is 0 Å². The standard InChI is InChI=1S/C23H32N4OS/c1-16(2)11-10-12-17(3)26-18(4)15-29-23(26)24-21-19(5)25(6)27(22(21)28)20-13-8-7-9-14-20/h7-9,13-17H,10-12H2,1-6H3. The van der Waals surface area contributed by atoms with Crippen LogP contribution in [0.1, 0.15) is 57.5 Å². The number of thiazole rings is 1. The van der Waals surface area contributed by atoms with Crippen LogP contribution < -0.4 is 10.4 Å². The van der Waals surface area contributed by atoms with Gasteiger partial charge in [0.15, 0.2) is 10.5 Å². The summed E-state index contributed by atoms with van der Waals surface area (Å²) in [7, 11) is 1.91. The topological polar surface area (TPSA) is 44.2 Å². The lowest BCUT2D eigenvalue weighted by atomic mass is 10.0. The van der Waals surface area contributed by atoms with E-state index in [0.29, 0.717) is 11.7 Å². The second-order valence-corrected chi connectivity index (χ2v) is 9.06. The van der Waals surface area contributed by atoms with Crippen LogP contribution in [0.15, 0.2) is 45.5 Å². The second-order valence-electron chi connectivity index (χ2n) is 8.23. The van der Waals surface area contributed by atoms with E-state index in [9.17, 15) is 4.79 Å². The summed E-state index contributed by atoms with van der Waals surface area (Å²) in [6.07, 6.45) is 3.55. The van der Waals surface area contributed by atoms with E-state index >= 15 is 0 Å². The Morgan fingerprint density at radius 2 is 1.76 bits per heavy atom. The lowest BCUT2D eigenvalue weighted by Gasteiger charge is -2.16. The number of rotatable bonds is 7. The van der Waals surface area contributed by atoms with Gasteiger partial charge < -0.3 is 4.57 Å². The molecule has 2 heterocycles. The number of benzene rings is 1. The Balaban J connectivity index is 2.03. The van der Waals surface area contributed by atoms with Gasteiger partial charge in [-0.3, -0.25) is 9.48 Å². The zero-order valence-electron chi connectivity index (χ0n) is 18.3. The van der Waals surface area contributed by atoms with Crippen LogP contribution in [0.5, 0.6) is 0 Å². The van der Waals surface area contributed by atoms with E-state index < -0.39 is 0 Å². The monoisotopic (exact) mass is 412 g/mol. The Hall–Kier alpha value is -2.34. The predicted molar refractivity (Wildman–Crippen MR) is 121 cm³/mol. The third kappa shape index (κ3) is 4.47. The molecule has 0 aliphatic heterocycles. The van der Waals surface area contributed by atoms with E-state index in [-0.39, 0.29) is 5.56 Å². The van der Waals surface area contributed by atoms with Crippen molar-refractivity contribution in [2.45, 2.75) is 59.9 Å². The molecule has 0 saturated carbocycles. The molecule has 0 aliphatic carbocycles. The van der Waals surface area contributed by atoms with Gasteiger partial charge in [-0.15, -0.1) is 11.3 Å². The van der Waals surface area contributed by atoms with E-state index in [1.165, 1.54) is 18.5 Å². The Kier molecular flexibility index (Phi) is 6.63. The first-order valence-electron chi connectivity index (χ1n) is 10.4. The first-order valence-corrected chi connectivity index (χ1v) is 11.2. The van der Waals surface area contributed by atoms with Gasteiger partial charge in [0.1, 0.15) is 0 Å². The van der Waals surface area contributed by atoms with Crippen molar-refractivity contribution >= 4 is 17.0 Å². The summed E-state index contributed by atoms with van der Waals surface area (Å²) in [5, 5.41) is 2.13. The van der Waals surface area contributed by atoms with E-state index in [1.54, 1.807) is 16.0 Å². The van der Waals surface area contributed by atoms with Crippen LogP contribution in [0.3, 0.4) is 0 Å². The molecule has 0 bridgehead atoms. The second kappa shape index (κ2) is 8.99. The van der Waals surface area contributed by atoms with E-state index in [0.717, 1.165) is 28.5 Å². The van der Waals surface area contributed by atoms with Crippen molar-refractivity contribution in [3.63, 3.8) is 0 Å². The predicted octanol–water partition coefficient (Wildman–Crippen LogP) is 5.28. The smallest absolute Gasteiger partial charge is 0.297 e. The van der Waals surface area contributed by atoms with Crippen LogP contribution in [0, 0.1) is 19.8 Å². The van der Waals surface area contributed by atoms with Gasteiger partial charge in [-0.2, -0.15) is 0 Å². The summed E-state index contributed by atoms with van der Waals surface area (Å²) in [4.78, 5) is 18.9. The molecule has 0 saturated heterocycles. The van der Waals surface area contributed by atoms with Crippen LogP contribution in [-0.2, 0) is 7.05 Å². The highest BCUT2D eigenvalue weighted by atomic mass is 32.1. The summed E-state index contributed by atoms with van der Waals surface area (Å²) in [5.41, 5.74) is 3.34. The zero-order valence-corrected chi connectivity index (χ0v) is 19.2. The Morgan fingerprint density at radius 1 is 1.07 bits per heavy atom. The van der Waals surface area contributed by atoms with Crippen molar-refractivity contribution in [2.75, 3.05) is 0 Å². The third-order valence-corrected chi connectivity index (χ3v) is 6.45. The van der Waals surface area contributed by atoms with E-state index in [1.807, 2.05) is 49.0 Å². The zero-order chi connectivity index (χ0) is 21.1. The van der Waals surface area contributed by atoms with Crippen LogP contribution in [0.25, 0.3) is 5.69 Å². The quantitative estimate of drug-likeness (QED) is 0.521. The molecule has 0 aliphatic rings. The third-order valence-electron chi connectivity index (χ3n) is 5.50. The van der Waals surface area contributed by atoms with Gasteiger partial charge in [0.25, 0.3) is 5.56 Å². The average Bonchev–Trinajstić information content (AvgIpc) is 3.15. The fraction of sp³-hybridized carbons (Fsp3) is 0.478. The lowest BCUT2D eigenvalue weighted by Crippen LogP contribution is -2.22. The molecule has 3 aromatic rings. The largest absolute Gasteiger partial charge is 0.318 e. The average molecular weight is 413 g/mol. The van der Waals surface area contributed by atoms with Crippen LogP contribution >= 0.6 is 11.3 Å². The molecule has 156 valence electrons. The highest BCUT2D eigenvalue weighted by Crippen LogP contribution is 2.20. The van der Waals surface area contributed by atoms with Gasteiger partial charge in [-0.1, -0.05) is 44.9 Å². The number of aromatic nitrogens is 3. The molecule has 1 aromatic carbocycles. The number of nitrogens with zero attached hydrogens (tertiary/aromatic N) is 4. The Bertz CT molecular complexity index is 1080. The summed E-state index contributed by atoms with van der Waals surface area (Å²) in [5.74, 6) is 0.725. The lowest BCUT2D eigenvalue weighted by molar-refractivity contribution is 0.436. The Labute approximate surface area is 177 Å². The summed E-state index contributed by atoms with van der Waals surface area (Å²) in [6.45, 7) is 10.9. The fourth-order valence-corrected chi connectivity index (χ4v) is 4.72. The molecule has 3 rings (SSSR count). The number of aryl methyl sites for hydroxylation is 1. The van der Waals surface area contributed by atoms with Gasteiger partial charge in [0, 0.05) is 24.2 Å². The van der Waals surface area contributed by atoms with Gasteiger partial charge in [-0.25, -0.2) is 9.67 Å². The van der Waals surface area contributed by atoms with Gasteiger partial charge in [0.05, 0.1) is 11.4 Å². The molecular formula is C23H32N4OS. The van der Waals surface area contributed by atoms with Crippen molar-refractivity contribution in [3.8, 4) is 5.69 Å². The minimum atomic E-state index is -0.0822. The van der Waals surface area contributed by atoms with Gasteiger partial charge in [-0.05, 0) is 45.2 Å². The molecule has 29 heavy (non-hydrogen) atoms. The van der Waals surface area contributed by atoms with Crippen molar-refractivity contribution in [3.05, 3.63) is 62.3 Å². The molecule has 0 spiro atoms. The first kappa shape index (κ1) is 21.4. The van der Waals surface area contributed by atoms with Crippen LogP contribution in [0.4, 0.5) is 5.69 Å².